The highest BCUT2D eigenvalue weighted by Gasteiger charge is 2.41. The second kappa shape index (κ2) is 9.84. The number of carbonyl (C=O) groups is 2. The number of esters is 1. The molecule has 5 nitrogen and oxygen atoms in total. The van der Waals surface area contributed by atoms with Gasteiger partial charge < -0.3 is 14.8 Å². The van der Waals surface area contributed by atoms with Crippen LogP contribution in [0.15, 0.2) is 81.6 Å². The second-order valence-corrected chi connectivity index (χ2v) is 9.02. The van der Waals surface area contributed by atoms with Gasteiger partial charge in [0, 0.05) is 40.9 Å². The average Bonchev–Trinajstić information content (AvgIpc) is 2.79. The lowest BCUT2D eigenvalue weighted by Crippen LogP contribution is -2.36. The van der Waals surface area contributed by atoms with Gasteiger partial charge in [-0.1, -0.05) is 58.4 Å². The number of allylic oxidation sites excluding steroid dienone is 3. The van der Waals surface area contributed by atoms with Crippen LogP contribution in [-0.2, 0) is 19.1 Å². The smallest absolute Gasteiger partial charge is 0.336 e. The molecule has 0 fully saturated rings. The quantitative estimate of drug-likeness (QED) is 0.451. The number of dihydropyridines is 1. The lowest BCUT2D eigenvalue weighted by Gasteiger charge is -2.36. The van der Waals surface area contributed by atoms with Gasteiger partial charge in [0.15, 0.2) is 5.78 Å². The summed E-state index contributed by atoms with van der Waals surface area (Å²) >= 11 is 3.47. The van der Waals surface area contributed by atoms with Crippen molar-refractivity contribution < 1.29 is 19.1 Å². The molecule has 4 rings (SSSR count). The van der Waals surface area contributed by atoms with Crippen LogP contribution in [-0.4, -0.2) is 32.1 Å². The first-order chi connectivity index (χ1) is 15.5. The highest BCUT2D eigenvalue weighted by molar-refractivity contribution is 9.10. The molecule has 2 aromatic carbocycles. The summed E-state index contributed by atoms with van der Waals surface area (Å²) in [5.74, 6) is -0.707. The predicted octanol–water partition coefficient (Wildman–Crippen LogP) is 5.00. The fourth-order valence-corrected chi connectivity index (χ4v) is 4.82. The van der Waals surface area contributed by atoms with Gasteiger partial charge >= 0.3 is 5.97 Å². The molecule has 1 aliphatic carbocycles. The van der Waals surface area contributed by atoms with Gasteiger partial charge in [-0.3, -0.25) is 4.79 Å². The highest BCUT2D eigenvalue weighted by Crippen LogP contribution is 2.45. The summed E-state index contributed by atoms with van der Waals surface area (Å²) in [5, 5.41) is 3.38. The van der Waals surface area contributed by atoms with E-state index in [-0.39, 0.29) is 18.3 Å². The predicted molar refractivity (Wildman–Crippen MR) is 126 cm³/mol. The van der Waals surface area contributed by atoms with Crippen molar-refractivity contribution >= 4 is 27.7 Å². The van der Waals surface area contributed by atoms with Crippen LogP contribution in [0.2, 0.25) is 0 Å². The SMILES string of the molecule is COCCOC(=O)C1=C(C)NC2=C(C(=O)C[C@H](c3ccccc3)C2)[C@@H]1c1ccc(Br)cc1. The number of carbonyl (C=O) groups excluding carboxylic acids is 2. The van der Waals surface area contributed by atoms with Crippen LogP contribution < -0.4 is 5.32 Å². The fourth-order valence-electron chi connectivity index (χ4n) is 4.55. The maximum Gasteiger partial charge on any atom is 0.336 e. The summed E-state index contributed by atoms with van der Waals surface area (Å²) < 4.78 is 11.4. The average molecular weight is 496 g/mol. The van der Waals surface area contributed by atoms with Crippen molar-refractivity contribution in [2.24, 2.45) is 0 Å². The van der Waals surface area contributed by atoms with Gasteiger partial charge in [-0.05, 0) is 42.5 Å². The lowest BCUT2D eigenvalue weighted by molar-refractivity contribution is -0.140. The van der Waals surface area contributed by atoms with Crippen molar-refractivity contribution in [1.29, 1.82) is 0 Å². The minimum Gasteiger partial charge on any atom is -0.460 e. The zero-order valence-corrected chi connectivity index (χ0v) is 19.8. The van der Waals surface area contributed by atoms with E-state index in [4.69, 9.17) is 9.47 Å². The van der Waals surface area contributed by atoms with Crippen molar-refractivity contribution in [3.05, 3.63) is 92.7 Å². The number of ketones is 1. The number of rotatable bonds is 6. The van der Waals surface area contributed by atoms with Crippen molar-refractivity contribution in [1.82, 2.24) is 5.32 Å². The van der Waals surface area contributed by atoms with Gasteiger partial charge in [0.2, 0.25) is 0 Å². The van der Waals surface area contributed by atoms with Crippen LogP contribution in [0.3, 0.4) is 0 Å². The lowest BCUT2D eigenvalue weighted by atomic mass is 9.72. The van der Waals surface area contributed by atoms with Gasteiger partial charge in [-0.15, -0.1) is 0 Å². The van der Waals surface area contributed by atoms with Gasteiger partial charge in [0.05, 0.1) is 12.2 Å². The van der Waals surface area contributed by atoms with Crippen molar-refractivity contribution in [2.45, 2.75) is 31.6 Å². The molecule has 1 heterocycles. The van der Waals surface area contributed by atoms with Gasteiger partial charge in [-0.25, -0.2) is 4.79 Å². The van der Waals surface area contributed by atoms with E-state index in [9.17, 15) is 9.59 Å². The number of Topliss-reactive ketones (excluding diaryl/α,β-unsaturated/α-hetero) is 1. The number of hydrogen-bond donors (Lipinski definition) is 1. The Morgan fingerprint density at radius 1 is 1.03 bits per heavy atom. The Morgan fingerprint density at radius 2 is 1.75 bits per heavy atom. The van der Waals surface area contributed by atoms with Crippen molar-refractivity contribution in [2.75, 3.05) is 20.3 Å². The summed E-state index contributed by atoms with van der Waals surface area (Å²) in [6.45, 7) is 2.36. The molecule has 0 spiro atoms. The first-order valence-corrected chi connectivity index (χ1v) is 11.5. The normalized spacial score (nSPS) is 20.7. The molecule has 2 aromatic rings. The van der Waals surface area contributed by atoms with E-state index in [0.29, 0.717) is 24.2 Å². The summed E-state index contributed by atoms with van der Waals surface area (Å²) in [7, 11) is 1.56. The molecule has 0 bridgehead atoms. The molecule has 32 heavy (non-hydrogen) atoms. The maximum atomic E-state index is 13.5. The van der Waals surface area contributed by atoms with Crippen LogP contribution in [0.1, 0.15) is 42.7 Å². The monoisotopic (exact) mass is 495 g/mol. The summed E-state index contributed by atoms with van der Waals surface area (Å²) in [6.07, 6.45) is 1.14. The zero-order chi connectivity index (χ0) is 22.7. The third-order valence-electron chi connectivity index (χ3n) is 6.04. The van der Waals surface area contributed by atoms with Gasteiger partial charge in [0.25, 0.3) is 0 Å². The summed E-state index contributed by atoms with van der Waals surface area (Å²) in [6, 6.07) is 17.9. The molecule has 0 radical (unpaired) electrons. The molecular weight excluding hydrogens is 470 g/mol. The molecule has 0 saturated heterocycles. The molecule has 0 amide bonds. The Kier molecular flexibility index (Phi) is 6.92. The van der Waals surface area contributed by atoms with Crippen LogP contribution in [0.5, 0.6) is 0 Å². The van der Waals surface area contributed by atoms with Crippen LogP contribution >= 0.6 is 15.9 Å². The van der Waals surface area contributed by atoms with E-state index in [1.165, 1.54) is 0 Å². The highest BCUT2D eigenvalue weighted by atomic mass is 79.9. The zero-order valence-electron chi connectivity index (χ0n) is 18.2. The first-order valence-electron chi connectivity index (χ1n) is 10.7. The number of halogens is 1. The van der Waals surface area contributed by atoms with E-state index in [1.807, 2.05) is 49.4 Å². The minimum absolute atomic E-state index is 0.0650. The number of methoxy groups -OCH3 is 1. The Labute approximate surface area is 196 Å². The number of ether oxygens (including phenoxy) is 2. The van der Waals surface area contributed by atoms with Crippen molar-refractivity contribution in [3.8, 4) is 0 Å². The molecule has 0 saturated carbocycles. The van der Waals surface area contributed by atoms with Crippen LogP contribution in [0, 0.1) is 0 Å². The molecule has 2 atom stereocenters. The molecule has 1 aliphatic heterocycles. The Morgan fingerprint density at radius 3 is 2.44 bits per heavy atom. The molecule has 0 aromatic heterocycles. The molecular formula is C26H26BrNO4. The Bertz CT molecular complexity index is 1070. The fraction of sp³-hybridized carbons (Fsp3) is 0.308. The minimum atomic E-state index is -0.460. The molecule has 2 aliphatic rings. The number of hydrogen-bond acceptors (Lipinski definition) is 5. The van der Waals surface area contributed by atoms with E-state index in [0.717, 1.165) is 33.4 Å². The van der Waals surface area contributed by atoms with E-state index >= 15 is 0 Å². The summed E-state index contributed by atoms with van der Waals surface area (Å²) in [5.41, 5.74) is 4.82. The number of benzene rings is 2. The molecule has 6 heteroatoms. The third kappa shape index (κ3) is 4.57. The molecule has 166 valence electrons. The van der Waals surface area contributed by atoms with Gasteiger partial charge in [-0.2, -0.15) is 0 Å². The van der Waals surface area contributed by atoms with E-state index in [1.54, 1.807) is 7.11 Å². The molecule has 1 N–H and O–H groups in total. The van der Waals surface area contributed by atoms with Crippen molar-refractivity contribution in [3.63, 3.8) is 0 Å². The Balaban J connectivity index is 1.74. The molecule has 0 unspecified atom stereocenters. The van der Waals surface area contributed by atoms with Gasteiger partial charge in [0.1, 0.15) is 6.61 Å². The second-order valence-electron chi connectivity index (χ2n) is 8.11. The van der Waals surface area contributed by atoms with Crippen LogP contribution in [0.4, 0.5) is 0 Å². The summed E-state index contributed by atoms with van der Waals surface area (Å²) in [4.78, 5) is 26.6. The maximum absolute atomic E-state index is 13.5. The largest absolute Gasteiger partial charge is 0.460 e. The number of nitrogens with one attached hydrogen (secondary N) is 1. The van der Waals surface area contributed by atoms with Crippen LogP contribution in [0.25, 0.3) is 0 Å². The standard InChI is InChI=1S/C26H26BrNO4/c1-16-23(26(30)32-13-12-31-2)24(18-8-10-20(27)11-9-18)25-21(28-16)14-19(15-22(25)29)17-6-4-3-5-7-17/h3-11,19,24,28H,12-15H2,1-2H3/t19-,24-/m1/s1. The topological polar surface area (TPSA) is 64.6 Å². The van der Waals surface area contributed by atoms with E-state index < -0.39 is 11.9 Å². The van der Waals surface area contributed by atoms with E-state index in [2.05, 4.69) is 33.4 Å². The third-order valence-corrected chi connectivity index (χ3v) is 6.57. The Hall–Kier alpha value is -2.70. The first kappa shape index (κ1) is 22.5.